The third-order valence-corrected chi connectivity index (χ3v) is 5.90. The minimum absolute atomic E-state index is 0.0120. The van der Waals surface area contributed by atoms with Crippen molar-refractivity contribution in [1.82, 2.24) is 19.9 Å². The summed E-state index contributed by atoms with van der Waals surface area (Å²) in [5, 5.41) is 7.90. The summed E-state index contributed by atoms with van der Waals surface area (Å²) in [6.45, 7) is 8.34. The molecule has 0 saturated heterocycles. The number of hydrogen-bond donors (Lipinski definition) is 1. The highest BCUT2D eigenvalue weighted by molar-refractivity contribution is 5.94. The van der Waals surface area contributed by atoms with Crippen LogP contribution in [0.2, 0.25) is 0 Å². The highest BCUT2D eigenvalue weighted by Gasteiger charge is 2.22. The van der Waals surface area contributed by atoms with Crippen LogP contribution in [0.4, 0.5) is 0 Å². The van der Waals surface area contributed by atoms with E-state index in [0.29, 0.717) is 11.3 Å². The molecule has 2 aromatic heterocycles. The van der Waals surface area contributed by atoms with Crippen LogP contribution in [0.3, 0.4) is 0 Å². The number of benzene rings is 2. The van der Waals surface area contributed by atoms with Crippen molar-refractivity contribution >= 4 is 11.6 Å². The average Bonchev–Trinajstić information content (AvgIpc) is 3.28. The monoisotopic (exact) mass is 456 g/mol. The topological polar surface area (TPSA) is 68.5 Å². The first kappa shape index (κ1) is 23.5. The van der Waals surface area contributed by atoms with E-state index >= 15 is 0 Å². The van der Waals surface area contributed by atoms with Gasteiger partial charge >= 0.3 is 0 Å². The van der Waals surface area contributed by atoms with Gasteiger partial charge in [0.1, 0.15) is 11.4 Å². The maximum Gasteiger partial charge on any atom is 0.270 e. The Labute approximate surface area is 201 Å². The van der Waals surface area contributed by atoms with E-state index in [-0.39, 0.29) is 17.4 Å². The average molecular weight is 457 g/mol. The molecule has 0 aliphatic heterocycles. The fraction of sp³-hybridized carbons (Fsp3) is 0.321. The Balaban J connectivity index is 1.65. The number of nitrogens with one attached hydrogen (secondary N) is 1. The van der Waals surface area contributed by atoms with Gasteiger partial charge in [-0.3, -0.25) is 4.79 Å². The lowest BCUT2D eigenvalue weighted by molar-refractivity contribution is 0.0930. The number of aromatic nitrogens is 3. The molecule has 1 atom stereocenters. The van der Waals surface area contributed by atoms with Gasteiger partial charge in [-0.25, -0.2) is 9.50 Å². The smallest absolute Gasteiger partial charge is 0.270 e. The van der Waals surface area contributed by atoms with E-state index in [4.69, 9.17) is 14.8 Å². The minimum atomic E-state index is -0.162. The van der Waals surface area contributed by atoms with Gasteiger partial charge in [-0.05, 0) is 55.7 Å². The van der Waals surface area contributed by atoms with Gasteiger partial charge in [0.05, 0.1) is 18.5 Å². The van der Waals surface area contributed by atoms with Crippen molar-refractivity contribution in [2.45, 2.75) is 52.0 Å². The number of fused-ring (bicyclic) bond motifs is 1. The first-order valence-corrected chi connectivity index (χ1v) is 11.6. The number of carbonyl (C=O) groups excluding carboxylic acids is 1. The van der Waals surface area contributed by atoms with Gasteiger partial charge in [-0.1, -0.05) is 51.1 Å². The van der Waals surface area contributed by atoms with Crippen LogP contribution in [0, 0.1) is 0 Å². The molecular weight excluding hydrogens is 424 g/mol. The normalized spacial score (nSPS) is 12.5. The molecule has 0 bridgehead atoms. The summed E-state index contributed by atoms with van der Waals surface area (Å²) in [7, 11) is 1.64. The van der Waals surface area contributed by atoms with E-state index in [1.165, 1.54) is 5.56 Å². The number of hydrogen-bond acceptors (Lipinski definition) is 4. The quantitative estimate of drug-likeness (QED) is 0.401. The summed E-state index contributed by atoms with van der Waals surface area (Å²) in [4.78, 5) is 18.2. The van der Waals surface area contributed by atoms with Crippen molar-refractivity contribution in [3.8, 4) is 17.0 Å². The lowest BCUT2D eigenvalue weighted by Gasteiger charge is -2.16. The number of ether oxygens (including phenoxy) is 1. The van der Waals surface area contributed by atoms with Gasteiger partial charge in [-0.2, -0.15) is 5.10 Å². The van der Waals surface area contributed by atoms with Crippen LogP contribution in [0.25, 0.3) is 16.9 Å². The van der Waals surface area contributed by atoms with E-state index in [1.54, 1.807) is 11.6 Å². The zero-order valence-electron chi connectivity index (χ0n) is 20.5. The number of methoxy groups -OCH3 is 1. The summed E-state index contributed by atoms with van der Waals surface area (Å²) < 4.78 is 6.94. The molecule has 176 valence electrons. The minimum Gasteiger partial charge on any atom is -0.497 e. The molecule has 1 unspecified atom stereocenters. The molecule has 1 N–H and O–H groups in total. The van der Waals surface area contributed by atoms with E-state index in [0.717, 1.165) is 35.5 Å². The number of carbonyl (C=O) groups is 1. The maximum absolute atomic E-state index is 13.4. The van der Waals surface area contributed by atoms with Crippen LogP contribution in [-0.2, 0) is 11.8 Å². The van der Waals surface area contributed by atoms with E-state index in [2.05, 4.69) is 38.2 Å². The Hall–Kier alpha value is -3.67. The summed E-state index contributed by atoms with van der Waals surface area (Å²) in [6, 6.07) is 21.8. The molecule has 6 nitrogen and oxygen atoms in total. The lowest BCUT2D eigenvalue weighted by Crippen LogP contribution is -2.34. The van der Waals surface area contributed by atoms with Crippen LogP contribution in [0.15, 0.2) is 66.7 Å². The third kappa shape index (κ3) is 5.28. The number of aryl methyl sites for hydroxylation is 1. The van der Waals surface area contributed by atoms with Crippen molar-refractivity contribution in [2.24, 2.45) is 0 Å². The molecule has 0 aliphatic rings. The second-order valence-electron chi connectivity index (χ2n) is 9.70. The van der Waals surface area contributed by atoms with Crippen LogP contribution in [0.5, 0.6) is 5.75 Å². The molecule has 4 rings (SSSR count). The first-order chi connectivity index (χ1) is 16.2. The van der Waals surface area contributed by atoms with E-state index in [1.807, 2.05) is 61.5 Å². The molecule has 0 spiro atoms. The van der Waals surface area contributed by atoms with Crippen LogP contribution < -0.4 is 10.1 Å². The van der Waals surface area contributed by atoms with Crippen LogP contribution in [-0.4, -0.2) is 33.7 Å². The lowest BCUT2D eigenvalue weighted by atomic mass is 9.93. The van der Waals surface area contributed by atoms with Gasteiger partial charge in [0, 0.05) is 23.1 Å². The van der Waals surface area contributed by atoms with Gasteiger partial charge in [-0.15, -0.1) is 0 Å². The second kappa shape index (κ2) is 9.67. The van der Waals surface area contributed by atoms with Crippen molar-refractivity contribution in [3.05, 3.63) is 83.7 Å². The molecule has 2 heterocycles. The van der Waals surface area contributed by atoms with Gasteiger partial charge in [0.15, 0.2) is 5.65 Å². The number of amides is 1. The first-order valence-electron chi connectivity index (χ1n) is 11.6. The highest BCUT2D eigenvalue weighted by atomic mass is 16.5. The Morgan fingerprint density at radius 2 is 1.76 bits per heavy atom. The van der Waals surface area contributed by atoms with Gasteiger partial charge < -0.3 is 10.1 Å². The van der Waals surface area contributed by atoms with Crippen LogP contribution in [0.1, 0.15) is 55.9 Å². The van der Waals surface area contributed by atoms with E-state index in [9.17, 15) is 4.79 Å². The predicted octanol–water partition coefficient (Wildman–Crippen LogP) is 5.45. The highest BCUT2D eigenvalue weighted by Crippen LogP contribution is 2.26. The van der Waals surface area contributed by atoms with E-state index < -0.39 is 0 Å². The Morgan fingerprint density at radius 3 is 2.41 bits per heavy atom. The zero-order valence-corrected chi connectivity index (χ0v) is 20.5. The fourth-order valence-corrected chi connectivity index (χ4v) is 3.81. The molecule has 4 aromatic rings. The Morgan fingerprint density at radius 1 is 1.06 bits per heavy atom. The molecule has 34 heavy (non-hydrogen) atoms. The molecule has 0 fully saturated rings. The zero-order chi connectivity index (χ0) is 24.3. The Kier molecular flexibility index (Phi) is 6.68. The van der Waals surface area contributed by atoms with Gasteiger partial charge in [0.2, 0.25) is 0 Å². The molecular formula is C28H32N4O2. The number of rotatable bonds is 7. The summed E-state index contributed by atoms with van der Waals surface area (Å²) >= 11 is 0. The van der Waals surface area contributed by atoms with Crippen molar-refractivity contribution < 1.29 is 9.53 Å². The molecule has 1 amide bonds. The Bertz CT molecular complexity index is 1270. The number of nitrogens with zero attached hydrogens (tertiary/aromatic N) is 3. The molecule has 6 heteroatoms. The fourth-order valence-electron chi connectivity index (χ4n) is 3.81. The molecule has 0 aliphatic carbocycles. The predicted molar refractivity (Wildman–Crippen MR) is 135 cm³/mol. The SMILES string of the molecule is COc1ccc(-c2cc(C(=O)NC(C)CCc3ccccc3)n3nc(C(C)(C)C)cc3n2)cc1. The van der Waals surface area contributed by atoms with Crippen molar-refractivity contribution in [3.63, 3.8) is 0 Å². The maximum atomic E-state index is 13.4. The molecule has 0 radical (unpaired) electrons. The van der Waals surface area contributed by atoms with Crippen molar-refractivity contribution in [2.75, 3.05) is 7.11 Å². The summed E-state index contributed by atoms with van der Waals surface area (Å²) in [5.41, 5.74) is 4.74. The summed E-state index contributed by atoms with van der Waals surface area (Å²) in [5.74, 6) is 0.612. The standard InChI is InChI=1S/C28H32N4O2/c1-19(11-12-20-9-7-6-8-10-20)29-27(33)24-17-23(21-13-15-22(34-5)16-14-21)30-26-18-25(28(2,3)4)31-32(24)26/h6-10,13-19H,11-12H2,1-5H3,(H,29,33). The molecule has 2 aromatic carbocycles. The van der Waals surface area contributed by atoms with Crippen LogP contribution >= 0.6 is 0 Å². The molecule has 0 saturated carbocycles. The second-order valence-corrected chi connectivity index (χ2v) is 9.70. The largest absolute Gasteiger partial charge is 0.497 e. The third-order valence-electron chi connectivity index (χ3n) is 5.90. The van der Waals surface area contributed by atoms with Crippen molar-refractivity contribution in [1.29, 1.82) is 0 Å². The summed E-state index contributed by atoms with van der Waals surface area (Å²) in [6.07, 6.45) is 1.75. The van der Waals surface area contributed by atoms with Gasteiger partial charge in [0.25, 0.3) is 5.91 Å².